The van der Waals surface area contributed by atoms with Crippen molar-refractivity contribution >= 4 is 23.6 Å². The molecule has 7 heteroatoms. The number of nitrogens with one attached hydrogen (secondary N) is 1. The lowest BCUT2D eigenvalue weighted by atomic mass is 9.78. The van der Waals surface area contributed by atoms with Crippen LogP contribution in [0.3, 0.4) is 0 Å². The van der Waals surface area contributed by atoms with Crippen LogP contribution in [0, 0.1) is 18.8 Å². The second kappa shape index (κ2) is 9.96. The van der Waals surface area contributed by atoms with Gasteiger partial charge in [-0.3, -0.25) is 4.79 Å². The fraction of sp³-hybridized carbons (Fsp3) is 0.500. The van der Waals surface area contributed by atoms with Crippen LogP contribution in [0.15, 0.2) is 39.8 Å². The Bertz CT molecular complexity index is 851. The van der Waals surface area contributed by atoms with Gasteiger partial charge in [-0.15, -0.1) is 11.8 Å². The Hall–Kier alpha value is -2.28. The number of ether oxygens (including phenoxy) is 1. The SMILES string of the molecule is Cc1cc(CSc2ccccc2C(=O)OCC(=O)N[C@H]2CCC[C@@H](C)[C@@H]2C)no1. The number of nitrogens with zero attached hydrogens (tertiary/aromatic N) is 1. The zero-order chi connectivity index (χ0) is 20.8. The van der Waals surface area contributed by atoms with Crippen LogP contribution in [0.4, 0.5) is 0 Å². The summed E-state index contributed by atoms with van der Waals surface area (Å²) < 4.78 is 10.4. The number of hydrogen-bond donors (Lipinski definition) is 1. The summed E-state index contributed by atoms with van der Waals surface area (Å²) in [5, 5.41) is 7.00. The summed E-state index contributed by atoms with van der Waals surface area (Å²) in [5.74, 6) is 1.62. The second-order valence-electron chi connectivity index (χ2n) is 7.73. The van der Waals surface area contributed by atoms with Crippen molar-refractivity contribution in [3.8, 4) is 0 Å². The van der Waals surface area contributed by atoms with Crippen LogP contribution in [-0.2, 0) is 15.3 Å². The molecule has 1 aliphatic rings. The van der Waals surface area contributed by atoms with Crippen LogP contribution < -0.4 is 5.32 Å². The maximum absolute atomic E-state index is 12.5. The minimum absolute atomic E-state index is 0.152. The maximum Gasteiger partial charge on any atom is 0.339 e. The summed E-state index contributed by atoms with van der Waals surface area (Å²) in [6, 6.07) is 9.24. The number of aryl methyl sites for hydroxylation is 1. The van der Waals surface area contributed by atoms with Crippen molar-refractivity contribution in [3.05, 3.63) is 47.3 Å². The van der Waals surface area contributed by atoms with Gasteiger partial charge in [0.05, 0.1) is 11.3 Å². The Morgan fingerprint density at radius 2 is 2.07 bits per heavy atom. The van der Waals surface area contributed by atoms with Gasteiger partial charge in [0.2, 0.25) is 0 Å². The number of carbonyl (C=O) groups is 2. The van der Waals surface area contributed by atoms with Gasteiger partial charge in [0, 0.05) is 22.8 Å². The molecule has 156 valence electrons. The molecule has 3 rings (SSSR count). The van der Waals surface area contributed by atoms with Gasteiger partial charge >= 0.3 is 5.97 Å². The van der Waals surface area contributed by atoms with Crippen LogP contribution in [0.1, 0.15) is 54.9 Å². The van der Waals surface area contributed by atoms with E-state index < -0.39 is 5.97 Å². The minimum Gasteiger partial charge on any atom is -0.452 e. The normalized spacial score (nSPS) is 21.6. The van der Waals surface area contributed by atoms with Gasteiger partial charge in [-0.1, -0.05) is 44.0 Å². The summed E-state index contributed by atoms with van der Waals surface area (Å²) in [4.78, 5) is 25.6. The predicted octanol–water partition coefficient (Wildman–Crippen LogP) is 4.37. The number of aromatic nitrogens is 1. The first-order chi connectivity index (χ1) is 13.9. The maximum atomic E-state index is 12.5. The van der Waals surface area contributed by atoms with Crippen LogP contribution in [0.2, 0.25) is 0 Å². The van der Waals surface area contributed by atoms with Gasteiger partial charge in [-0.2, -0.15) is 0 Å². The van der Waals surface area contributed by atoms with E-state index >= 15 is 0 Å². The average Bonchev–Trinajstić information content (AvgIpc) is 3.13. The van der Waals surface area contributed by atoms with Crippen LogP contribution in [0.5, 0.6) is 0 Å². The van der Waals surface area contributed by atoms with Gasteiger partial charge in [0.1, 0.15) is 5.76 Å². The van der Waals surface area contributed by atoms with Crippen molar-refractivity contribution in [2.24, 2.45) is 11.8 Å². The van der Waals surface area contributed by atoms with E-state index in [4.69, 9.17) is 9.26 Å². The van der Waals surface area contributed by atoms with E-state index in [1.54, 1.807) is 12.1 Å². The molecule has 1 aromatic heterocycles. The van der Waals surface area contributed by atoms with E-state index in [0.717, 1.165) is 29.2 Å². The molecule has 3 atom stereocenters. The van der Waals surface area contributed by atoms with Crippen LogP contribution in [-0.4, -0.2) is 29.7 Å². The largest absolute Gasteiger partial charge is 0.452 e. The van der Waals surface area contributed by atoms with Gasteiger partial charge in [-0.05, 0) is 37.3 Å². The monoisotopic (exact) mass is 416 g/mol. The van der Waals surface area contributed by atoms with E-state index in [1.807, 2.05) is 25.1 Å². The van der Waals surface area contributed by atoms with Crippen LogP contribution >= 0.6 is 11.8 Å². The summed E-state index contributed by atoms with van der Waals surface area (Å²) in [6.45, 7) is 5.97. The van der Waals surface area contributed by atoms with Crippen molar-refractivity contribution in [1.82, 2.24) is 10.5 Å². The zero-order valence-electron chi connectivity index (χ0n) is 17.1. The minimum atomic E-state index is -0.496. The van der Waals surface area contributed by atoms with Crippen molar-refractivity contribution in [2.75, 3.05) is 6.61 Å². The molecule has 1 N–H and O–H groups in total. The lowest BCUT2D eigenvalue weighted by molar-refractivity contribution is -0.125. The molecule has 0 saturated heterocycles. The third kappa shape index (κ3) is 5.85. The molecule has 6 nitrogen and oxygen atoms in total. The number of thioether (sulfide) groups is 1. The molecule has 29 heavy (non-hydrogen) atoms. The molecule has 0 aliphatic heterocycles. The number of benzene rings is 1. The molecule has 1 saturated carbocycles. The Labute approximate surface area is 175 Å². The highest BCUT2D eigenvalue weighted by atomic mass is 32.2. The van der Waals surface area contributed by atoms with E-state index in [9.17, 15) is 9.59 Å². The van der Waals surface area contributed by atoms with Crippen molar-refractivity contribution in [1.29, 1.82) is 0 Å². The summed E-state index contributed by atoms with van der Waals surface area (Å²) >= 11 is 1.48. The predicted molar refractivity (Wildman–Crippen MR) is 112 cm³/mol. The highest BCUT2D eigenvalue weighted by molar-refractivity contribution is 7.98. The van der Waals surface area contributed by atoms with Crippen molar-refractivity contribution in [2.45, 2.75) is 56.7 Å². The van der Waals surface area contributed by atoms with E-state index in [2.05, 4.69) is 24.3 Å². The molecule has 1 fully saturated rings. The first kappa shape index (κ1) is 21.4. The third-order valence-corrected chi connectivity index (χ3v) is 6.65. The molecule has 0 unspecified atom stereocenters. The first-order valence-electron chi connectivity index (χ1n) is 10.0. The Morgan fingerprint density at radius 1 is 1.28 bits per heavy atom. The van der Waals surface area contributed by atoms with E-state index in [0.29, 0.717) is 23.2 Å². The molecule has 1 heterocycles. The Morgan fingerprint density at radius 3 is 2.83 bits per heavy atom. The number of hydrogen-bond acceptors (Lipinski definition) is 6. The van der Waals surface area contributed by atoms with Crippen LogP contribution in [0.25, 0.3) is 0 Å². The first-order valence-corrected chi connectivity index (χ1v) is 11.0. The smallest absolute Gasteiger partial charge is 0.339 e. The Balaban J connectivity index is 1.53. The van der Waals surface area contributed by atoms with Gasteiger partial charge in [0.25, 0.3) is 5.91 Å². The molecular weight excluding hydrogens is 388 g/mol. The summed E-state index contributed by atoms with van der Waals surface area (Å²) in [5.41, 5.74) is 1.26. The van der Waals surface area contributed by atoms with Crippen molar-refractivity contribution < 1.29 is 18.8 Å². The molecule has 1 aromatic carbocycles. The highest BCUT2D eigenvalue weighted by Gasteiger charge is 2.28. The topological polar surface area (TPSA) is 81.4 Å². The number of amides is 1. The molecule has 1 amide bonds. The standard InChI is InChI=1S/C22H28N2O4S/c1-14-7-6-9-19(16(14)3)23-21(25)12-27-22(26)18-8-4-5-10-20(18)29-13-17-11-15(2)28-24-17/h4-5,8,10-11,14,16,19H,6-7,9,12-13H2,1-3H3,(H,23,25)/t14-,16+,19+/m1/s1. The van der Waals surface area contributed by atoms with Gasteiger partial charge in [-0.25, -0.2) is 4.79 Å². The van der Waals surface area contributed by atoms with E-state index in [-0.39, 0.29) is 18.6 Å². The molecule has 0 spiro atoms. The Kier molecular flexibility index (Phi) is 7.36. The average molecular weight is 417 g/mol. The highest BCUT2D eigenvalue weighted by Crippen LogP contribution is 2.29. The summed E-state index contributed by atoms with van der Waals surface area (Å²) in [6.07, 6.45) is 3.29. The van der Waals surface area contributed by atoms with Gasteiger partial charge in [0.15, 0.2) is 6.61 Å². The third-order valence-electron chi connectivity index (χ3n) is 5.55. The van der Waals surface area contributed by atoms with Gasteiger partial charge < -0.3 is 14.6 Å². The lowest BCUT2D eigenvalue weighted by Gasteiger charge is -2.34. The number of rotatable bonds is 7. The lowest BCUT2D eigenvalue weighted by Crippen LogP contribution is -2.45. The molecule has 1 aliphatic carbocycles. The second-order valence-corrected chi connectivity index (χ2v) is 8.75. The quantitative estimate of drug-likeness (QED) is 0.533. The summed E-state index contributed by atoms with van der Waals surface area (Å²) in [7, 11) is 0. The van der Waals surface area contributed by atoms with E-state index in [1.165, 1.54) is 18.2 Å². The number of esters is 1. The van der Waals surface area contributed by atoms with Crippen molar-refractivity contribution in [3.63, 3.8) is 0 Å². The molecule has 2 aromatic rings. The fourth-order valence-corrected chi connectivity index (χ4v) is 4.56. The molecule has 0 bridgehead atoms. The fourth-order valence-electron chi connectivity index (χ4n) is 3.64. The number of carbonyl (C=O) groups excluding carboxylic acids is 2. The molecular formula is C22H28N2O4S. The molecule has 0 radical (unpaired) electrons. The zero-order valence-corrected chi connectivity index (χ0v) is 18.0.